The third-order valence-electron chi connectivity index (χ3n) is 4.20. The highest BCUT2D eigenvalue weighted by Crippen LogP contribution is 2.47. The van der Waals surface area contributed by atoms with Crippen LogP contribution in [-0.4, -0.2) is 30.7 Å². The van der Waals surface area contributed by atoms with Gasteiger partial charge in [-0.25, -0.2) is 0 Å². The van der Waals surface area contributed by atoms with E-state index in [2.05, 4.69) is 10.3 Å². The van der Waals surface area contributed by atoms with Crippen LogP contribution in [0.25, 0.3) is 11.5 Å². The Morgan fingerprint density at radius 3 is 2.52 bits per heavy atom. The highest BCUT2D eigenvalue weighted by molar-refractivity contribution is 7.62. The van der Waals surface area contributed by atoms with Gasteiger partial charge in [0.1, 0.15) is 0 Å². The van der Waals surface area contributed by atoms with E-state index in [0.717, 1.165) is 5.56 Å². The Labute approximate surface area is 167 Å². The van der Waals surface area contributed by atoms with E-state index >= 15 is 0 Å². The summed E-state index contributed by atoms with van der Waals surface area (Å²) in [5.74, 6) is 0.203. The van der Waals surface area contributed by atoms with E-state index < -0.39 is 12.5 Å². The van der Waals surface area contributed by atoms with Crippen molar-refractivity contribution in [3.63, 3.8) is 0 Å². The van der Waals surface area contributed by atoms with Crippen LogP contribution >= 0.6 is 7.60 Å². The number of oxazole rings is 1. The lowest BCUT2D eigenvalue weighted by Gasteiger charge is -2.12. The molecule has 3 rings (SSSR count). The number of nitrogens with zero attached hydrogens (tertiary/aromatic N) is 2. The van der Waals surface area contributed by atoms with Crippen LogP contribution in [0.2, 0.25) is 0 Å². The SMILES string of the molecule is COP(=O)(OC)c1nc(-c2cccc([N+](=O)[O-])c2)oc1NCCc1ccccc1. The average molecular weight is 417 g/mol. The maximum Gasteiger partial charge on any atom is 0.384 e. The number of benzene rings is 2. The van der Waals surface area contributed by atoms with Gasteiger partial charge in [-0.3, -0.25) is 14.7 Å². The molecule has 3 aromatic rings. The number of hydrogen-bond acceptors (Lipinski definition) is 8. The highest BCUT2D eigenvalue weighted by atomic mass is 31.2. The molecule has 9 nitrogen and oxygen atoms in total. The van der Waals surface area contributed by atoms with Crippen molar-refractivity contribution in [3.05, 3.63) is 70.3 Å². The van der Waals surface area contributed by atoms with Gasteiger partial charge in [-0.05, 0) is 18.1 Å². The molecule has 0 amide bonds. The molecule has 2 aromatic carbocycles. The Bertz CT molecular complexity index is 1030. The molecule has 1 N–H and O–H groups in total. The molecule has 0 saturated heterocycles. The lowest BCUT2D eigenvalue weighted by atomic mass is 10.1. The van der Waals surface area contributed by atoms with Crippen molar-refractivity contribution in [2.24, 2.45) is 0 Å². The molecule has 29 heavy (non-hydrogen) atoms. The van der Waals surface area contributed by atoms with Crippen molar-refractivity contribution in [3.8, 4) is 11.5 Å². The molecular weight excluding hydrogens is 397 g/mol. The fraction of sp³-hybridized carbons (Fsp3) is 0.211. The van der Waals surface area contributed by atoms with Gasteiger partial charge in [-0.1, -0.05) is 36.4 Å². The first kappa shape index (κ1) is 20.7. The fourth-order valence-electron chi connectivity index (χ4n) is 2.70. The number of aromatic nitrogens is 1. The summed E-state index contributed by atoms with van der Waals surface area (Å²) in [5.41, 5.74) is 1.36. The number of non-ortho nitro benzene ring substituents is 1. The third kappa shape index (κ3) is 4.71. The van der Waals surface area contributed by atoms with Crippen molar-refractivity contribution in [2.75, 3.05) is 26.1 Å². The minimum atomic E-state index is -3.72. The van der Waals surface area contributed by atoms with E-state index in [4.69, 9.17) is 13.5 Å². The summed E-state index contributed by atoms with van der Waals surface area (Å²) in [7, 11) is -1.22. The Hall–Kier alpha value is -3.00. The lowest BCUT2D eigenvalue weighted by molar-refractivity contribution is -0.384. The molecule has 0 aliphatic rings. The topological polar surface area (TPSA) is 117 Å². The van der Waals surface area contributed by atoms with Crippen molar-refractivity contribution in [1.29, 1.82) is 0 Å². The molecule has 152 valence electrons. The quantitative estimate of drug-likeness (QED) is 0.315. The van der Waals surface area contributed by atoms with Gasteiger partial charge in [0, 0.05) is 38.5 Å². The van der Waals surface area contributed by atoms with Crippen LogP contribution in [-0.2, 0) is 20.0 Å². The second-order valence-electron chi connectivity index (χ2n) is 6.00. The van der Waals surface area contributed by atoms with Crippen molar-refractivity contribution in [1.82, 2.24) is 4.98 Å². The van der Waals surface area contributed by atoms with E-state index in [1.165, 1.54) is 32.4 Å². The van der Waals surface area contributed by atoms with Gasteiger partial charge in [0.05, 0.1) is 4.92 Å². The van der Waals surface area contributed by atoms with E-state index in [1.54, 1.807) is 6.07 Å². The minimum absolute atomic E-state index is 0.0166. The molecule has 1 heterocycles. The van der Waals surface area contributed by atoms with Gasteiger partial charge >= 0.3 is 7.60 Å². The van der Waals surface area contributed by atoms with E-state index in [-0.39, 0.29) is 22.9 Å². The zero-order valence-electron chi connectivity index (χ0n) is 15.9. The van der Waals surface area contributed by atoms with Gasteiger partial charge < -0.3 is 18.8 Å². The smallest absolute Gasteiger partial charge is 0.384 e. The Kier molecular flexibility index (Phi) is 6.43. The number of nitro groups is 1. The number of nitro benzene ring substituents is 1. The standard InChI is InChI=1S/C19H20N3O6P/c1-26-29(25,27-2)19-18(20-12-11-14-7-4-3-5-8-14)28-17(21-19)15-9-6-10-16(13-15)22(23)24/h3-10,13,20H,11-12H2,1-2H3. The molecular formula is C19H20N3O6P. The Morgan fingerprint density at radius 2 is 1.86 bits per heavy atom. The van der Waals surface area contributed by atoms with Crippen molar-refractivity contribution in [2.45, 2.75) is 6.42 Å². The lowest BCUT2D eigenvalue weighted by Crippen LogP contribution is -2.16. The number of anilines is 1. The van der Waals surface area contributed by atoms with Gasteiger partial charge in [0.25, 0.3) is 5.69 Å². The van der Waals surface area contributed by atoms with Crippen LogP contribution in [0.3, 0.4) is 0 Å². The van der Waals surface area contributed by atoms with Gasteiger partial charge in [-0.15, -0.1) is 0 Å². The predicted octanol–water partition coefficient (Wildman–Crippen LogP) is 4.02. The Morgan fingerprint density at radius 1 is 1.14 bits per heavy atom. The van der Waals surface area contributed by atoms with Crippen LogP contribution in [0.15, 0.2) is 59.0 Å². The molecule has 0 radical (unpaired) electrons. The number of rotatable bonds is 9. The monoisotopic (exact) mass is 417 g/mol. The largest absolute Gasteiger partial charge is 0.420 e. The van der Waals surface area contributed by atoms with E-state index in [9.17, 15) is 14.7 Å². The van der Waals surface area contributed by atoms with Crippen LogP contribution in [0, 0.1) is 10.1 Å². The number of nitrogens with one attached hydrogen (secondary N) is 1. The number of hydrogen-bond donors (Lipinski definition) is 1. The molecule has 0 saturated carbocycles. The van der Waals surface area contributed by atoms with Crippen LogP contribution in [0.4, 0.5) is 11.6 Å². The zero-order chi connectivity index (χ0) is 20.9. The first-order valence-electron chi connectivity index (χ1n) is 8.72. The van der Waals surface area contributed by atoms with E-state index in [0.29, 0.717) is 18.5 Å². The summed E-state index contributed by atoms with van der Waals surface area (Å²) >= 11 is 0. The summed E-state index contributed by atoms with van der Waals surface area (Å²) in [4.78, 5) is 14.8. The molecule has 0 unspecified atom stereocenters. The van der Waals surface area contributed by atoms with Gasteiger partial charge in [0.15, 0.2) is 0 Å². The maximum atomic E-state index is 12.9. The first-order chi connectivity index (χ1) is 14.0. The normalized spacial score (nSPS) is 11.4. The van der Waals surface area contributed by atoms with Crippen molar-refractivity contribution < 1.29 is 23.0 Å². The average Bonchev–Trinajstić information content (AvgIpc) is 3.19. The van der Waals surface area contributed by atoms with E-state index in [1.807, 2.05) is 30.3 Å². The molecule has 1 aromatic heterocycles. The zero-order valence-corrected chi connectivity index (χ0v) is 16.8. The fourth-order valence-corrected chi connectivity index (χ4v) is 3.78. The molecule has 0 spiro atoms. The minimum Gasteiger partial charge on any atom is -0.420 e. The Balaban J connectivity index is 1.92. The summed E-state index contributed by atoms with van der Waals surface area (Å²) < 4.78 is 28.8. The molecule has 0 aliphatic carbocycles. The molecule has 0 aliphatic heterocycles. The second-order valence-corrected chi connectivity index (χ2v) is 8.15. The predicted molar refractivity (Wildman–Crippen MR) is 108 cm³/mol. The van der Waals surface area contributed by atoms with Crippen LogP contribution < -0.4 is 10.8 Å². The first-order valence-corrected chi connectivity index (χ1v) is 10.3. The van der Waals surface area contributed by atoms with Crippen molar-refractivity contribution >= 4 is 24.6 Å². The summed E-state index contributed by atoms with van der Waals surface area (Å²) in [6, 6.07) is 15.6. The molecule has 0 bridgehead atoms. The summed E-state index contributed by atoms with van der Waals surface area (Å²) in [6.45, 7) is 0.480. The molecule has 0 fully saturated rings. The van der Waals surface area contributed by atoms with Crippen LogP contribution in [0.1, 0.15) is 5.56 Å². The maximum absolute atomic E-state index is 12.9. The van der Waals surface area contributed by atoms with Crippen LogP contribution in [0.5, 0.6) is 0 Å². The highest BCUT2D eigenvalue weighted by Gasteiger charge is 2.34. The second kappa shape index (κ2) is 9.00. The third-order valence-corrected chi connectivity index (χ3v) is 5.98. The molecule has 0 atom stereocenters. The molecule has 10 heteroatoms. The summed E-state index contributed by atoms with van der Waals surface area (Å²) in [5, 5.41) is 14.1. The van der Waals surface area contributed by atoms with Gasteiger partial charge in [-0.2, -0.15) is 4.98 Å². The summed E-state index contributed by atoms with van der Waals surface area (Å²) in [6.07, 6.45) is 0.692. The van der Waals surface area contributed by atoms with Gasteiger partial charge in [0.2, 0.25) is 17.2 Å².